The number of aromatic nitrogens is 1. The number of aliphatic hydroxyl groups excluding tert-OH is 1. The highest BCUT2D eigenvalue weighted by Gasteiger charge is 2.19. The summed E-state index contributed by atoms with van der Waals surface area (Å²) < 4.78 is 5.58. The summed E-state index contributed by atoms with van der Waals surface area (Å²) in [6.07, 6.45) is 4.14. The monoisotopic (exact) mass is 256 g/mol. The van der Waals surface area contributed by atoms with Gasteiger partial charge in [0.15, 0.2) is 0 Å². The Morgan fingerprint density at radius 2 is 2.47 bits per heavy atom. The summed E-state index contributed by atoms with van der Waals surface area (Å²) in [5, 5.41) is 9.56. The van der Waals surface area contributed by atoms with E-state index in [1.54, 1.807) is 12.3 Å². The van der Waals surface area contributed by atoms with E-state index in [1.165, 1.54) is 0 Å². The number of anilines is 1. The molecule has 5 heteroatoms. The molecule has 4 nitrogen and oxygen atoms in total. The first-order valence-corrected chi connectivity index (χ1v) is 6.16. The maximum absolute atomic E-state index is 8.99. The fraction of sp³-hybridized carbons (Fsp3) is 0.583. The Hall–Kier alpha value is -0.840. The van der Waals surface area contributed by atoms with E-state index in [1.807, 2.05) is 11.9 Å². The molecule has 0 aliphatic carbocycles. The van der Waals surface area contributed by atoms with Crippen molar-refractivity contribution in [3.05, 3.63) is 22.8 Å². The summed E-state index contributed by atoms with van der Waals surface area (Å²) in [7, 11) is 1.95. The normalized spacial score (nSPS) is 19.6. The van der Waals surface area contributed by atoms with E-state index in [0.717, 1.165) is 37.4 Å². The van der Waals surface area contributed by atoms with Crippen LogP contribution in [0, 0.1) is 0 Å². The van der Waals surface area contributed by atoms with E-state index in [9.17, 15) is 0 Å². The fourth-order valence-electron chi connectivity index (χ4n) is 2.02. The van der Waals surface area contributed by atoms with Gasteiger partial charge >= 0.3 is 0 Å². The first-order chi connectivity index (χ1) is 8.20. The third-order valence-corrected chi connectivity index (χ3v) is 3.20. The van der Waals surface area contributed by atoms with E-state index in [-0.39, 0.29) is 12.7 Å². The quantitative estimate of drug-likeness (QED) is 0.893. The Bertz CT molecular complexity index is 381. The zero-order valence-electron chi connectivity index (χ0n) is 9.90. The maximum Gasteiger partial charge on any atom is 0.147 e. The second-order valence-electron chi connectivity index (χ2n) is 4.32. The van der Waals surface area contributed by atoms with Crippen molar-refractivity contribution in [2.45, 2.75) is 25.6 Å². The Morgan fingerprint density at radius 1 is 1.65 bits per heavy atom. The Morgan fingerprint density at radius 3 is 3.06 bits per heavy atom. The minimum Gasteiger partial charge on any atom is -0.392 e. The zero-order valence-corrected chi connectivity index (χ0v) is 10.7. The van der Waals surface area contributed by atoms with Crippen molar-refractivity contribution in [3.63, 3.8) is 0 Å². The maximum atomic E-state index is 8.99. The molecule has 1 aromatic heterocycles. The third-order valence-electron chi connectivity index (χ3n) is 2.92. The molecule has 0 saturated carbocycles. The first kappa shape index (κ1) is 12.6. The number of ether oxygens (including phenoxy) is 1. The standard InChI is InChI=1S/C12H17ClN2O2/c1-15(7-10-3-2-4-17-10)12-11(13)5-9(8-16)6-14-12/h5-6,10,16H,2-4,7-8H2,1H3. The number of halogens is 1. The number of hydrogen-bond acceptors (Lipinski definition) is 4. The minimum atomic E-state index is -0.0392. The Balaban J connectivity index is 2.04. The van der Waals surface area contributed by atoms with Gasteiger partial charge in [-0.3, -0.25) is 0 Å². The molecule has 1 N–H and O–H groups in total. The molecular formula is C12H17ClN2O2. The topological polar surface area (TPSA) is 45.6 Å². The largest absolute Gasteiger partial charge is 0.392 e. The molecule has 0 radical (unpaired) electrons. The molecule has 1 fully saturated rings. The van der Waals surface area contributed by atoms with Crippen LogP contribution in [0.4, 0.5) is 5.82 Å². The van der Waals surface area contributed by atoms with Crippen LogP contribution in [0.25, 0.3) is 0 Å². The van der Waals surface area contributed by atoms with E-state index in [0.29, 0.717) is 5.02 Å². The molecule has 0 bridgehead atoms. The second-order valence-corrected chi connectivity index (χ2v) is 4.73. The molecule has 0 aromatic carbocycles. The van der Waals surface area contributed by atoms with E-state index in [4.69, 9.17) is 21.4 Å². The van der Waals surface area contributed by atoms with Gasteiger partial charge in [-0.2, -0.15) is 0 Å². The predicted molar refractivity (Wildman–Crippen MR) is 67.4 cm³/mol. The molecule has 1 aromatic rings. The van der Waals surface area contributed by atoms with Gasteiger partial charge in [-0.25, -0.2) is 4.98 Å². The van der Waals surface area contributed by atoms with Crippen LogP contribution in [0.5, 0.6) is 0 Å². The summed E-state index contributed by atoms with van der Waals surface area (Å²) in [5.74, 6) is 0.736. The molecule has 1 saturated heterocycles. The van der Waals surface area contributed by atoms with Gasteiger partial charge in [-0.1, -0.05) is 11.6 Å². The molecule has 2 heterocycles. The molecule has 2 rings (SSSR count). The third kappa shape index (κ3) is 3.09. The van der Waals surface area contributed by atoms with Crippen molar-refractivity contribution in [2.24, 2.45) is 0 Å². The Kier molecular flexibility index (Phi) is 4.20. The lowest BCUT2D eigenvalue weighted by molar-refractivity contribution is 0.116. The number of rotatable bonds is 4. The summed E-state index contributed by atoms with van der Waals surface area (Å²) in [6.45, 7) is 1.61. The SMILES string of the molecule is CN(CC1CCCO1)c1ncc(CO)cc1Cl. The molecule has 1 unspecified atom stereocenters. The molecule has 0 spiro atoms. The molecule has 1 atom stereocenters. The van der Waals surface area contributed by atoms with Gasteiger partial charge in [-0.05, 0) is 24.5 Å². The number of likely N-dealkylation sites (N-methyl/N-ethyl adjacent to an activating group) is 1. The van der Waals surface area contributed by atoms with Crippen LogP contribution in [0.2, 0.25) is 5.02 Å². The summed E-state index contributed by atoms with van der Waals surface area (Å²) in [5.41, 5.74) is 0.726. The summed E-state index contributed by atoms with van der Waals surface area (Å²) in [4.78, 5) is 6.27. The van der Waals surface area contributed by atoms with Gasteiger partial charge < -0.3 is 14.7 Å². The van der Waals surface area contributed by atoms with Gasteiger partial charge in [0.2, 0.25) is 0 Å². The molecule has 94 valence electrons. The van der Waals surface area contributed by atoms with Crippen LogP contribution < -0.4 is 4.90 Å². The van der Waals surface area contributed by atoms with Crippen molar-refractivity contribution >= 4 is 17.4 Å². The lowest BCUT2D eigenvalue weighted by Gasteiger charge is -2.22. The van der Waals surface area contributed by atoms with Crippen LogP contribution in [0.15, 0.2) is 12.3 Å². The van der Waals surface area contributed by atoms with Crippen LogP contribution in [-0.2, 0) is 11.3 Å². The molecule has 17 heavy (non-hydrogen) atoms. The van der Waals surface area contributed by atoms with Gasteiger partial charge in [-0.15, -0.1) is 0 Å². The van der Waals surface area contributed by atoms with Crippen LogP contribution in [0.1, 0.15) is 18.4 Å². The highest BCUT2D eigenvalue weighted by atomic mass is 35.5. The number of hydrogen-bond donors (Lipinski definition) is 1. The van der Waals surface area contributed by atoms with Gasteiger partial charge in [0.1, 0.15) is 5.82 Å². The average Bonchev–Trinajstić information content (AvgIpc) is 2.81. The van der Waals surface area contributed by atoms with Crippen molar-refractivity contribution in [2.75, 3.05) is 25.1 Å². The molecule has 1 aliphatic heterocycles. The number of nitrogens with zero attached hydrogens (tertiary/aromatic N) is 2. The highest BCUT2D eigenvalue weighted by molar-refractivity contribution is 6.33. The average molecular weight is 257 g/mol. The summed E-state index contributed by atoms with van der Waals surface area (Å²) >= 11 is 6.13. The highest BCUT2D eigenvalue weighted by Crippen LogP contribution is 2.24. The minimum absolute atomic E-state index is 0.0392. The van der Waals surface area contributed by atoms with Crippen LogP contribution >= 0.6 is 11.6 Å². The second kappa shape index (κ2) is 5.67. The van der Waals surface area contributed by atoms with Crippen molar-refractivity contribution in [1.29, 1.82) is 0 Å². The van der Waals surface area contributed by atoms with E-state index < -0.39 is 0 Å². The smallest absolute Gasteiger partial charge is 0.147 e. The predicted octanol–water partition coefficient (Wildman–Crippen LogP) is 1.84. The lowest BCUT2D eigenvalue weighted by Crippen LogP contribution is -2.29. The fourth-order valence-corrected chi connectivity index (χ4v) is 2.35. The molecule has 0 amide bonds. The van der Waals surface area contributed by atoms with Crippen molar-refractivity contribution in [3.8, 4) is 0 Å². The van der Waals surface area contributed by atoms with Crippen LogP contribution in [0.3, 0.4) is 0 Å². The molecular weight excluding hydrogens is 240 g/mol. The summed E-state index contributed by atoms with van der Waals surface area (Å²) in [6, 6.07) is 1.75. The first-order valence-electron chi connectivity index (χ1n) is 5.78. The van der Waals surface area contributed by atoms with Crippen LogP contribution in [-0.4, -0.2) is 36.4 Å². The number of aliphatic hydroxyl groups is 1. The molecule has 1 aliphatic rings. The van der Waals surface area contributed by atoms with Gasteiger partial charge in [0, 0.05) is 26.4 Å². The van der Waals surface area contributed by atoms with Gasteiger partial charge in [0.25, 0.3) is 0 Å². The number of pyridine rings is 1. The van der Waals surface area contributed by atoms with Crippen molar-refractivity contribution in [1.82, 2.24) is 4.98 Å². The van der Waals surface area contributed by atoms with Gasteiger partial charge in [0.05, 0.1) is 17.7 Å². The van der Waals surface area contributed by atoms with E-state index in [2.05, 4.69) is 4.98 Å². The lowest BCUT2D eigenvalue weighted by atomic mass is 10.2. The van der Waals surface area contributed by atoms with Crippen molar-refractivity contribution < 1.29 is 9.84 Å². The Labute approximate surface area is 106 Å². The zero-order chi connectivity index (χ0) is 12.3. The van der Waals surface area contributed by atoms with E-state index >= 15 is 0 Å².